The molecule has 0 saturated heterocycles. The maximum Gasteiger partial charge on any atom is 0.257 e. The van der Waals surface area contributed by atoms with Crippen LogP contribution < -0.4 is 15.4 Å². The van der Waals surface area contributed by atoms with E-state index in [9.17, 15) is 14.7 Å². The second-order valence-electron chi connectivity index (χ2n) is 5.85. The summed E-state index contributed by atoms with van der Waals surface area (Å²) in [5.41, 5.74) is 1.46. The SMILES string of the molecule is CC(=O)c1ccc(OCC(=O)NCCNC[C@@H](O)c2ccccc2)cc1. The van der Waals surface area contributed by atoms with Crippen molar-refractivity contribution in [2.75, 3.05) is 26.2 Å². The molecule has 6 nitrogen and oxygen atoms in total. The van der Waals surface area contributed by atoms with Gasteiger partial charge in [-0.05, 0) is 36.8 Å². The highest BCUT2D eigenvalue weighted by Gasteiger charge is 2.06. The number of ether oxygens (including phenoxy) is 1. The summed E-state index contributed by atoms with van der Waals surface area (Å²) in [4.78, 5) is 22.9. The number of aliphatic hydroxyl groups excluding tert-OH is 1. The molecule has 0 aromatic heterocycles. The number of carbonyl (C=O) groups excluding carboxylic acids is 2. The number of Topliss-reactive ketones (excluding diaryl/α,β-unsaturated/α-hetero) is 1. The van der Waals surface area contributed by atoms with Crippen LogP contribution in [0.3, 0.4) is 0 Å². The van der Waals surface area contributed by atoms with Gasteiger partial charge in [0.05, 0.1) is 6.10 Å². The van der Waals surface area contributed by atoms with Crippen LogP contribution in [-0.4, -0.2) is 43.0 Å². The Bertz CT molecular complexity index is 702. The minimum absolute atomic E-state index is 0.0147. The minimum atomic E-state index is -0.576. The zero-order valence-electron chi connectivity index (χ0n) is 14.8. The number of hydrogen-bond donors (Lipinski definition) is 3. The zero-order valence-corrected chi connectivity index (χ0v) is 14.8. The molecule has 1 amide bonds. The van der Waals surface area contributed by atoms with E-state index in [4.69, 9.17) is 4.74 Å². The highest BCUT2D eigenvalue weighted by molar-refractivity contribution is 5.94. The number of benzene rings is 2. The lowest BCUT2D eigenvalue weighted by Crippen LogP contribution is -2.35. The summed E-state index contributed by atoms with van der Waals surface area (Å²) in [7, 11) is 0. The van der Waals surface area contributed by atoms with Crippen molar-refractivity contribution in [2.24, 2.45) is 0 Å². The first-order chi connectivity index (χ1) is 12.6. The van der Waals surface area contributed by atoms with Gasteiger partial charge in [-0.1, -0.05) is 30.3 Å². The monoisotopic (exact) mass is 356 g/mol. The first-order valence-corrected chi connectivity index (χ1v) is 8.50. The number of rotatable bonds is 10. The fourth-order valence-electron chi connectivity index (χ4n) is 2.31. The lowest BCUT2D eigenvalue weighted by molar-refractivity contribution is -0.123. The van der Waals surface area contributed by atoms with Crippen molar-refractivity contribution < 1.29 is 19.4 Å². The summed E-state index contributed by atoms with van der Waals surface area (Å²) in [6, 6.07) is 16.1. The Morgan fingerprint density at radius 3 is 2.38 bits per heavy atom. The van der Waals surface area contributed by atoms with Crippen molar-refractivity contribution in [1.29, 1.82) is 0 Å². The third-order valence-electron chi connectivity index (χ3n) is 3.78. The number of ketones is 1. The van der Waals surface area contributed by atoms with Crippen LogP contribution in [0.1, 0.15) is 28.9 Å². The Hall–Kier alpha value is -2.70. The average molecular weight is 356 g/mol. The number of nitrogens with one attached hydrogen (secondary N) is 2. The van der Waals surface area contributed by atoms with E-state index in [-0.39, 0.29) is 18.3 Å². The molecule has 0 heterocycles. The fraction of sp³-hybridized carbons (Fsp3) is 0.300. The quantitative estimate of drug-likeness (QED) is 0.446. The first kappa shape index (κ1) is 19.6. The Kier molecular flexibility index (Phi) is 7.79. The smallest absolute Gasteiger partial charge is 0.257 e. The van der Waals surface area contributed by atoms with Gasteiger partial charge in [-0.3, -0.25) is 9.59 Å². The van der Waals surface area contributed by atoms with Gasteiger partial charge in [-0.25, -0.2) is 0 Å². The van der Waals surface area contributed by atoms with E-state index in [0.717, 1.165) is 5.56 Å². The predicted octanol–water partition coefficient (Wildman–Crippen LogP) is 1.71. The van der Waals surface area contributed by atoms with Crippen LogP contribution >= 0.6 is 0 Å². The predicted molar refractivity (Wildman–Crippen MR) is 99.2 cm³/mol. The standard InChI is InChI=1S/C20H24N2O4/c1-15(23)16-7-9-18(10-8-16)26-14-20(25)22-12-11-21-13-19(24)17-5-3-2-4-6-17/h2-10,19,21,24H,11-14H2,1H3,(H,22,25)/t19-/m1/s1. The van der Waals surface area contributed by atoms with Crippen LogP contribution in [0.15, 0.2) is 54.6 Å². The molecule has 0 bridgehead atoms. The molecule has 0 unspecified atom stereocenters. The van der Waals surface area contributed by atoms with Gasteiger partial charge in [-0.2, -0.15) is 0 Å². The maximum absolute atomic E-state index is 11.7. The molecule has 1 atom stereocenters. The van der Waals surface area contributed by atoms with E-state index in [1.54, 1.807) is 24.3 Å². The third kappa shape index (κ3) is 6.66. The molecule has 2 rings (SSSR count). The van der Waals surface area contributed by atoms with Crippen molar-refractivity contribution >= 4 is 11.7 Å². The zero-order chi connectivity index (χ0) is 18.8. The van der Waals surface area contributed by atoms with Crippen LogP contribution in [0, 0.1) is 0 Å². The molecule has 0 saturated carbocycles. The Morgan fingerprint density at radius 1 is 1.04 bits per heavy atom. The van der Waals surface area contributed by atoms with Gasteiger partial charge in [-0.15, -0.1) is 0 Å². The van der Waals surface area contributed by atoms with Gasteiger partial charge in [0, 0.05) is 25.2 Å². The molecule has 3 N–H and O–H groups in total. The highest BCUT2D eigenvalue weighted by Crippen LogP contribution is 2.12. The molecule has 0 aliphatic rings. The third-order valence-corrected chi connectivity index (χ3v) is 3.78. The lowest BCUT2D eigenvalue weighted by atomic mass is 10.1. The second kappa shape index (κ2) is 10.3. The van der Waals surface area contributed by atoms with Gasteiger partial charge >= 0.3 is 0 Å². The Morgan fingerprint density at radius 2 is 1.73 bits per heavy atom. The fourth-order valence-corrected chi connectivity index (χ4v) is 2.31. The van der Waals surface area contributed by atoms with E-state index in [1.807, 2.05) is 30.3 Å². The summed E-state index contributed by atoms with van der Waals surface area (Å²) < 4.78 is 5.37. The molecule has 0 aliphatic carbocycles. The lowest BCUT2D eigenvalue weighted by Gasteiger charge is -2.12. The number of carbonyl (C=O) groups is 2. The van der Waals surface area contributed by atoms with Gasteiger partial charge in [0.1, 0.15) is 5.75 Å². The summed E-state index contributed by atoms with van der Waals surface area (Å²) in [6.45, 7) is 2.80. The van der Waals surface area contributed by atoms with Gasteiger partial charge in [0.2, 0.25) is 0 Å². The second-order valence-corrected chi connectivity index (χ2v) is 5.85. The van der Waals surface area contributed by atoms with Crippen molar-refractivity contribution in [3.8, 4) is 5.75 Å². The molecule has 138 valence electrons. The number of aliphatic hydroxyl groups is 1. The summed E-state index contributed by atoms with van der Waals surface area (Å²) in [5, 5.41) is 15.8. The molecule has 0 aliphatic heterocycles. The Balaban J connectivity index is 1.58. The summed E-state index contributed by atoms with van der Waals surface area (Å²) in [5.74, 6) is 0.291. The minimum Gasteiger partial charge on any atom is -0.484 e. The topological polar surface area (TPSA) is 87.7 Å². The molecule has 2 aromatic carbocycles. The molecular formula is C20H24N2O4. The van der Waals surface area contributed by atoms with Gasteiger partial charge in [0.25, 0.3) is 5.91 Å². The van der Waals surface area contributed by atoms with Crippen LogP contribution in [0.25, 0.3) is 0 Å². The van der Waals surface area contributed by atoms with Crippen molar-refractivity contribution in [1.82, 2.24) is 10.6 Å². The normalized spacial score (nSPS) is 11.6. The molecule has 26 heavy (non-hydrogen) atoms. The highest BCUT2D eigenvalue weighted by atomic mass is 16.5. The van der Waals surface area contributed by atoms with E-state index in [2.05, 4.69) is 10.6 Å². The van der Waals surface area contributed by atoms with E-state index in [1.165, 1.54) is 6.92 Å². The summed E-state index contributed by atoms with van der Waals surface area (Å²) >= 11 is 0. The van der Waals surface area contributed by atoms with E-state index >= 15 is 0 Å². The average Bonchev–Trinajstić information content (AvgIpc) is 2.67. The number of hydrogen-bond acceptors (Lipinski definition) is 5. The van der Waals surface area contributed by atoms with E-state index < -0.39 is 6.10 Å². The van der Waals surface area contributed by atoms with Crippen molar-refractivity contribution in [2.45, 2.75) is 13.0 Å². The first-order valence-electron chi connectivity index (χ1n) is 8.50. The summed E-state index contributed by atoms with van der Waals surface area (Å²) in [6.07, 6.45) is -0.576. The molecule has 0 fully saturated rings. The molecule has 2 aromatic rings. The number of amides is 1. The molecule has 6 heteroatoms. The maximum atomic E-state index is 11.7. The molecule has 0 spiro atoms. The molecule has 0 radical (unpaired) electrons. The van der Waals surface area contributed by atoms with Crippen LogP contribution in [0.5, 0.6) is 5.75 Å². The van der Waals surface area contributed by atoms with Gasteiger partial charge in [0.15, 0.2) is 12.4 Å². The Labute approximate surface area is 153 Å². The van der Waals surface area contributed by atoms with Crippen LogP contribution in [0.2, 0.25) is 0 Å². The van der Waals surface area contributed by atoms with Crippen LogP contribution in [-0.2, 0) is 4.79 Å². The van der Waals surface area contributed by atoms with Crippen molar-refractivity contribution in [3.63, 3.8) is 0 Å². The van der Waals surface area contributed by atoms with E-state index in [0.29, 0.717) is 30.9 Å². The largest absolute Gasteiger partial charge is 0.484 e. The van der Waals surface area contributed by atoms with Crippen LogP contribution in [0.4, 0.5) is 0 Å². The van der Waals surface area contributed by atoms with Crippen molar-refractivity contribution in [3.05, 3.63) is 65.7 Å². The molecular weight excluding hydrogens is 332 g/mol. The van der Waals surface area contributed by atoms with Gasteiger partial charge < -0.3 is 20.5 Å².